The summed E-state index contributed by atoms with van der Waals surface area (Å²) in [5.41, 5.74) is 5.52. The van der Waals surface area contributed by atoms with Gasteiger partial charge in [-0.25, -0.2) is 0 Å². The molecule has 0 aliphatic carbocycles. The van der Waals surface area contributed by atoms with Crippen LogP contribution in [0.15, 0.2) is 18.2 Å². The Hall–Kier alpha value is -1.66. The van der Waals surface area contributed by atoms with Gasteiger partial charge < -0.3 is 11.1 Å². The van der Waals surface area contributed by atoms with E-state index in [9.17, 15) is 14.9 Å². The summed E-state index contributed by atoms with van der Waals surface area (Å²) in [4.78, 5) is 21.3. The number of nitrogens with zero attached hydrogens (tertiary/aromatic N) is 1. The molecule has 0 spiro atoms. The number of nitrogens with two attached hydrogens (primary N) is 1. The molecule has 6 nitrogen and oxygen atoms in total. The molecule has 0 saturated carbocycles. The highest BCUT2D eigenvalue weighted by molar-refractivity contribution is 6.33. The lowest BCUT2D eigenvalue weighted by molar-refractivity contribution is -0.384. The van der Waals surface area contributed by atoms with Crippen molar-refractivity contribution in [2.75, 3.05) is 11.9 Å². The zero-order valence-electron chi connectivity index (χ0n) is 8.98. The van der Waals surface area contributed by atoms with Crippen molar-refractivity contribution in [2.45, 2.75) is 12.8 Å². The van der Waals surface area contributed by atoms with Crippen LogP contribution in [0, 0.1) is 10.1 Å². The second kappa shape index (κ2) is 6.17. The largest absolute Gasteiger partial charge is 0.330 e. The van der Waals surface area contributed by atoms with Crippen molar-refractivity contribution < 1.29 is 9.72 Å². The fourth-order valence-electron chi connectivity index (χ4n) is 1.19. The van der Waals surface area contributed by atoms with Crippen LogP contribution in [0.1, 0.15) is 12.8 Å². The average Bonchev–Trinajstić information content (AvgIpc) is 2.28. The van der Waals surface area contributed by atoms with Gasteiger partial charge in [0.25, 0.3) is 5.69 Å². The first-order valence-corrected chi connectivity index (χ1v) is 5.36. The topological polar surface area (TPSA) is 98.3 Å². The predicted octanol–water partition coefficient (Wildman–Crippen LogP) is 1.93. The molecule has 0 saturated heterocycles. The van der Waals surface area contributed by atoms with Crippen molar-refractivity contribution in [1.82, 2.24) is 0 Å². The molecule has 1 amide bonds. The molecule has 0 fully saturated rings. The van der Waals surface area contributed by atoms with Crippen LogP contribution in [0.25, 0.3) is 0 Å². The minimum absolute atomic E-state index is 0.116. The molecule has 92 valence electrons. The highest BCUT2D eigenvalue weighted by Crippen LogP contribution is 2.26. The smallest absolute Gasteiger partial charge is 0.271 e. The molecule has 17 heavy (non-hydrogen) atoms. The minimum Gasteiger partial charge on any atom is -0.330 e. The Kier molecular flexibility index (Phi) is 4.86. The van der Waals surface area contributed by atoms with E-state index in [1.165, 1.54) is 18.2 Å². The normalized spacial score (nSPS) is 10.0. The first kappa shape index (κ1) is 13.4. The maximum Gasteiger partial charge on any atom is 0.271 e. The van der Waals surface area contributed by atoms with Crippen molar-refractivity contribution in [3.63, 3.8) is 0 Å². The molecule has 1 rings (SSSR count). The number of amides is 1. The van der Waals surface area contributed by atoms with Crippen LogP contribution in [-0.4, -0.2) is 17.4 Å². The summed E-state index contributed by atoms with van der Waals surface area (Å²) in [6.45, 7) is 0.432. The van der Waals surface area contributed by atoms with E-state index in [0.29, 0.717) is 25.1 Å². The van der Waals surface area contributed by atoms with Crippen LogP contribution in [0.5, 0.6) is 0 Å². The zero-order chi connectivity index (χ0) is 12.8. The van der Waals surface area contributed by atoms with Gasteiger partial charge in [-0.05, 0) is 19.0 Å². The number of carbonyl (C=O) groups excluding carboxylic acids is 1. The van der Waals surface area contributed by atoms with Gasteiger partial charge in [-0.2, -0.15) is 0 Å². The Morgan fingerprint density at radius 3 is 2.76 bits per heavy atom. The highest BCUT2D eigenvalue weighted by Gasteiger charge is 2.11. The van der Waals surface area contributed by atoms with Gasteiger partial charge in [0.1, 0.15) is 0 Å². The third kappa shape index (κ3) is 4.01. The number of anilines is 1. The quantitative estimate of drug-likeness (QED) is 0.622. The van der Waals surface area contributed by atoms with E-state index in [2.05, 4.69) is 5.32 Å². The number of hydrogen-bond acceptors (Lipinski definition) is 4. The number of halogens is 1. The highest BCUT2D eigenvalue weighted by atomic mass is 35.5. The SMILES string of the molecule is NCCCC(=O)Nc1ccc([N+](=O)[O-])cc1Cl. The summed E-state index contributed by atoms with van der Waals surface area (Å²) in [6.07, 6.45) is 0.875. The fourth-order valence-corrected chi connectivity index (χ4v) is 1.42. The number of nitro benzene ring substituents is 1. The molecule has 1 aromatic carbocycles. The van der Waals surface area contributed by atoms with Crippen molar-refractivity contribution in [2.24, 2.45) is 5.73 Å². The van der Waals surface area contributed by atoms with E-state index in [4.69, 9.17) is 17.3 Å². The molecule has 1 aromatic rings. The van der Waals surface area contributed by atoms with Gasteiger partial charge in [0.15, 0.2) is 0 Å². The van der Waals surface area contributed by atoms with Crippen molar-refractivity contribution in [3.05, 3.63) is 33.3 Å². The number of rotatable bonds is 5. The third-order valence-corrected chi connectivity index (χ3v) is 2.36. The van der Waals surface area contributed by atoms with E-state index in [1.54, 1.807) is 0 Å². The first-order valence-electron chi connectivity index (χ1n) is 4.98. The molecule has 0 heterocycles. The van der Waals surface area contributed by atoms with E-state index in [0.717, 1.165) is 0 Å². The molecule has 0 bridgehead atoms. The second-order valence-corrected chi connectivity index (χ2v) is 3.77. The first-order chi connectivity index (χ1) is 8.04. The Bertz CT molecular complexity index is 437. The van der Waals surface area contributed by atoms with Gasteiger partial charge in [0.2, 0.25) is 5.91 Å². The fraction of sp³-hybridized carbons (Fsp3) is 0.300. The molecular weight excluding hydrogens is 246 g/mol. The van der Waals surface area contributed by atoms with Gasteiger partial charge in [0, 0.05) is 18.6 Å². The summed E-state index contributed by atoms with van der Waals surface area (Å²) >= 11 is 5.81. The minimum atomic E-state index is -0.550. The monoisotopic (exact) mass is 257 g/mol. The van der Waals surface area contributed by atoms with Crippen molar-refractivity contribution >= 4 is 28.9 Å². The molecule has 0 atom stereocenters. The molecule has 0 radical (unpaired) electrons. The van der Waals surface area contributed by atoms with Crippen LogP contribution in [0.3, 0.4) is 0 Å². The third-order valence-electron chi connectivity index (χ3n) is 2.05. The molecule has 7 heteroatoms. The maximum absolute atomic E-state index is 11.4. The van der Waals surface area contributed by atoms with Gasteiger partial charge in [-0.3, -0.25) is 14.9 Å². The number of benzene rings is 1. The van der Waals surface area contributed by atoms with E-state index < -0.39 is 4.92 Å². The van der Waals surface area contributed by atoms with Gasteiger partial charge >= 0.3 is 0 Å². The number of nitro groups is 1. The standard InChI is InChI=1S/C10H12ClN3O3/c11-8-6-7(14(16)17)3-4-9(8)13-10(15)2-1-5-12/h3-4,6H,1-2,5,12H2,(H,13,15). The Morgan fingerprint density at radius 2 is 2.24 bits per heavy atom. The van der Waals surface area contributed by atoms with Crippen molar-refractivity contribution in [3.8, 4) is 0 Å². The van der Waals surface area contributed by atoms with Crippen LogP contribution < -0.4 is 11.1 Å². The Morgan fingerprint density at radius 1 is 1.53 bits per heavy atom. The molecule has 0 aromatic heterocycles. The lowest BCUT2D eigenvalue weighted by Gasteiger charge is -2.06. The van der Waals surface area contributed by atoms with Gasteiger partial charge in [-0.1, -0.05) is 11.6 Å². The second-order valence-electron chi connectivity index (χ2n) is 3.36. The molecule has 3 N–H and O–H groups in total. The van der Waals surface area contributed by atoms with Crippen LogP contribution in [-0.2, 0) is 4.79 Å². The Balaban J connectivity index is 2.72. The molecule has 0 aliphatic rings. The summed E-state index contributed by atoms with van der Waals surface area (Å²) in [7, 11) is 0. The predicted molar refractivity (Wildman–Crippen MR) is 65.0 cm³/mol. The number of non-ortho nitro benzene ring substituents is 1. The maximum atomic E-state index is 11.4. The lowest BCUT2D eigenvalue weighted by atomic mass is 10.2. The number of hydrogen-bond donors (Lipinski definition) is 2. The average molecular weight is 258 g/mol. The van der Waals surface area contributed by atoms with Crippen LogP contribution >= 0.6 is 11.6 Å². The van der Waals surface area contributed by atoms with E-state index in [1.807, 2.05) is 0 Å². The summed E-state index contributed by atoms with van der Waals surface area (Å²) in [5, 5.41) is 13.2. The molecular formula is C10H12ClN3O3. The van der Waals surface area contributed by atoms with E-state index >= 15 is 0 Å². The Labute approximate surface area is 103 Å². The van der Waals surface area contributed by atoms with Crippen molar-refractivity contribution in [1.29, 1.82) is 0 Å². The summed E-state index contributed by atoms with van der Waals surface area (Å²) < 4.78 is 0. The molecule has 0 aliphatic heterocycles. The van der Waals surface area contributed by atoms with Crippen LogP contribution in [0.2, 0.25) is 5.02 Å². The van der Waals surface area contributed by atoms with Crippen LogP contribution in [0.4, 0.5) is 11.4 Å². The zero-order valence-corrected chi connectivity index (χ0v) is 9.74. The van der Waals surface area contributed by atoms with Gasteiger partial charge in [-0.15, -0.1) is 0 Å². The summed E-state index contributed by atoms with van der Waals surface area (Å²) in [6, 6.07) is 3.88. The number of nitrogens with one attached hydrogen (secondary N) is 1. The summed E-state index contributed by atoms with van der Waals surface area (Å²) in [5.74, 6) is -0.216. The lowest BCUT2D eigenvalue weighted by Crippen LogP contribution is -2.13. The van der Waals surface area contributed by atoms with E-state index in [-0.39, 0.29) is 16.6 Å². The van der Waals surface area contributed by atoms with Gasteiger partial charge in [0.05, 0.1) is 15.6 Å². The molecule has 0 unspecified atom stereocenters. The number of carbonyl (C=O) groups is 1.